The summed E-state index contributed by atoms with van der Waals surface area (Å²) in [6, 6.07) is 14.0. The normalized spacial score (nSPS) is 11.5. The van der Waals surface area contributed by atoms with Crippen molar-refractivity contribution in [3.8, 4) is 0 Å². The molecule has 0 aromatic heterocycles. The predicted octanol–water partition coefficient (Wildman–Crippen LogP) is 3.20. The van der Waals surface area contributed by atoms with Crippen molar-refractivity contribution in [1.29, 1.82) is 0 Å². The highest BCUT2D eigenvalue weighted by molar-refractivity contribution is 7.91. The van der Waals surface area contributed by atoms with E-state index in [1.807, 2.05) is 43.3 Å². The molecule has 0 spiro atoms. The molecule has 0 bridgehead atoms. The second-order valence-electron chi connectivity index (χ2n) is 5.74. The van der Waals surface area contributed by atoms with E-state index in [9.17, 15) is 13.2 Å². The Hall–Kier alpha value is -2.60. The van der Waals surface area contributed by atoms with Crippen molar-refractivity contribution in [2.75, 3.05) is 30.1 Å². The van der Waals surface area contributed by atoms with Gasteiger partial charge in [0.2, 0.25) is 5.91 Å². The first-order chi connectivity index (χ1) is 11.8. The molecule has 0 saturated carbocycles. The van der Waals surface area contributed by atoms with Gasteiger partial charge in [0, 0.05) is 31.5 Å². The number of amides is 1. The van der Waals surface area contributed by atoms with Gasteiger partial charge >= 0.3 is 0 Å². The van der Waals surface area contributed by atoms with Crippen LogP contribution in [0, 0.1) is 0 Å². The molecule has 0 atom stereocenters. The van der Waals surface area contributed by atoms with Crippen molar-refractivity contribution in [3.05, 3.63) is 60.2 Å². The summed E-state index contributed by atoms with van der Waals surface area (Å²) in [6.07, 6.45) is 3.17. The number of hydrogen-bond donors (Lipinski definition) is 1. The van der Waals surface area contributed by atoms with Gasteiger partial charge in [0.05, 0.1) is 10.6 Å². The summed E-state index contributed by atoms with van der Waals surface area (Å²) in [5, 5.41) is 2.71. The lowest BCUT2D eigenvalue weighted by Gasteiger charge is -2.11. The average molecular weight is 358 g/mol. The van der Waals surface area contributed by atoms with Crippen molar-refractivity contribution in [3.63, 3.8) is 0 Å². The number of benzene rings is 2. The maximum absolute atomic E-state index is 12.0. The molecule has 0 saturated heterocycles. The Morgan fingerprint density at radius 1 is 1.04 bits per heavy atom. The van der Waals surface area contributed by atoms with Crippen LogP contribution in [0.3, 0.4) is 0 Å². The van der Waals surface area contributed by atoms with Gasteiger partial charge < -0.3 is 10.2 Å². The topological polar surface area (TPSA) is 66.5 Å². The highest BCUT2D eigenvalue weighted by atomic mass is 32.2. The summed E-state index contributed by atoms with van der Waals surface area (Å²) in [4.78, 5) is 14.2. The van der Waals surface area contributed by atoms with Crippen LogP contribution >= 0.6 is 0 Å². The van der Waals surface area contributed by atoms with E-state index in [1.165, 1.54) is 18.2 Å². The van der Waals surface area contributed by atoms with Crippen molar-refractivity contribution >= 4 is 33.2 Å². The quantitative estimate of drug-likeness (QED) is 0.806. The van der Waals surface area contributed by atoms with Crippen molar-refractivity contribution < 1.29 is 13.2 Å². The molecule has 0 aliphatic carbocycles. The molecule has 1 N–H and O–H groups in total. The predicted molar refractivity (Wildman–Crippen MR) is 103 cm³/mol. The number of carbonyl (C=O) groups excluding carboxylic acids is 1. The second kappa shape index (κ2) is 7.98. The van der Waals surface area contributed by atoms with Gasteiger partial charge in [-0.05, 0) is 48.0 Å². The highest BCUT2D eigenvalue weighted by Gasteiger charge is 2.10. The van der Waals surface area contributed by atoms with Crippen LogP contribution in [-0.4, -0.2) is 34.2 Å². The lowest BCUT2D eigenvalue weighted by molar-refractivity contribution is -0.111. The van der Waals surface area contributed by atoms with E-state index in [0.29, 0.717) is 5.69 Å². The fourth-order valence-corrected chi connectivity index (χ4v) is 3.04. The average Bonchev–Trinajstić information content (AvgIpc) is 2.61. The van der Waals surface area contributed by atoms with E-state index in [1.54, 1.807) is 25.1 Å². The van der Waals surface area contributed by atoms with E-state index in [2.05, 4.69) is 5.32 Å². The molecule has 132 valence electrons. The number of nitrogens with one attached hydrogen (secondary N) is 1. The number of hydrogen-bond acceptors (Lipinski definition) is 4. The molecule has 0 fully saturated rings. The van der Waals surface area contributed by atoms with Crippen LogP contribution in [0.25, 0.3) is 6.08 Å². The van der Waals surface area contributed by atoms with Gasteiger partial charge in [-0.3, -0.25) is 4.79 Å². The molecule has 0 heterocycles. The highest BCUT2D eigenvalue weighted by Crippen LogP contribution is 2.16. The number of rotatable bonds is 6. The molecule has 0 radical (unpaired) electrons. The van der Waals surface area contributed by atoms with Crippen LogP contribution < -0.4 is 10.2 Å². The summed E-state index contributed by atoms with van der Waals surface area (Å²) < 4.78 is 23.5. The lowest BCUT2D eigenvalue weighted by atomic mass is 10.2. The third-order valence-corrected chi connectivity index (χ3v) is 5.45. The van der Waals surface area contributed by atoms with Crippen LogP contribution in [0.2, 0.25) is 0 Å². The maximum atomic E-state index is 12.0. The van der Waals surface area contributed by atoms with Crippen LogP contribution in [0.4, 0.5) is 11.4 Å². The molecule has 0 aliphatic rings. The number of sulfone groups is 1. The minimum Gasteiger partial charge on any atom is -0.378 e. The molecule has 2 aromatic rings. The smallest absolute Gasteiger partial charge is 0.248 e. The second-order valence-corrected chi connectivity index (χ2v) is 8.01. The number of nitrogens with zero attached hydrogens (tertiary/aromatic N) is 1. The molecule has 1 amide bonds. The zero-order valence-corrected chi connectivity index (χ0v) is 15.4. The van der Waals surface area contributed by atoms with Gasteiger partial charge in [0.1, 0.15) is 0 Å². The van der Waals surface area contributed by atoms with Crippen molar-refractivity contribution in [2.24, 2.45) is 0 Å². The Kier molecular flexibility index (Phi) is 5.98. The molecule has 2 rings (SSSR count). The first-order valence-corrected chi connectivity index (χ1v) is 9.56. The third kappa shape index (κ3) is 5.19. The van der Waals surface area contributed by atoms with E-state index < -0.39 is 9.84 Å². The fourth-order valence-electron chi connectivity index (χ4n) is 2.15. The van der Waals surface area contributed by atoms with Gasteiger partial charge in [-0.15, -0.1) is 0 Å². The SMILES string of the molecule is CCS(=O)(=O)c1ccc(NC(=O)/C=C/c2ccc(N(C)C)cc2)cc1. The Balaban J connectivity index is 2.00. The summed E-state index contributed by atoms with van der Waals surface area (Å²) in [5.41, 5.74) is 2.56. The summed E-state index contributed by atoms with van der Waals surface area (Å²) in [7, 11) is 0.706. The zero-order chi connectivity index (χ0) is 18.4. The first-order valence-electron chi connectivity index (χ1n) is 7.91. The Bertz CT molecular complexity index is 853. The van der Waals surface area contributed by atoms with Gasteiger partial charge in [-0.1, -0.05) is 19.1 Å². The van der Waals surface area contributed by atoms with E-state index in [-0.39, 0.29) is 16.6 Å². The third-order valence-electron chi connectivity index (χ3n) is 3.70. The monoisotopic (exact) mass is 358 g/mol. The van der Waals surface area contributed by atoms with Crippen LogP contribution in [0.1, 0.15) is 12.5 Å². The molecule has 6 heteroatoms. The molecule has 2 aromatic carbocycles. The van der Waals surface area contributed by atoms with E-state index >= 15 is 0 Å². The Morgan fingerprint density at radius 2 is 1.64 bits per heavy atom. The standard InChI is InChI=1S/C19H22N2O3S/c1-4-25(23,24)18-12-8-16(9-13-18)20-19(22)14-7-15-5-10-17(11-6-15)21(2)3/h5-14H,4H2,1-3H3,(H,20,22)/b14-7+. The number of carbonyl (C=O) groups is 1. The van der Waals surface area contributed by atoms with Gasteiger partial charge in [0.25, 0.3) is 0 Å². The van der Waals surface area contributed by atoms with Gasteiger partial charge in [0.15, 0.2) is 9.84 Å². The van der Waals surface area contributed by atoms with Crippen LogP contribution in [0.15, 0.2) is 59.5 Å². The van der Waals surface area contributed by atoms with E-state index in [4.69, 9.17) is 0 Å². The maximum Gasteiger partial charge on any atom is 0.248 e. The Morgan fingerprint density at radius 3 is 2.16 bits per heavy atom. The summed E-state index contributed by atoms with van der Waals surface area (Å²) in [5.74, 6) is -0.226. The number of anilines is 2. The molecule has 25 heavy (non-hydrogen) atoms. The van der Waals surface area contributed by atoms with E-state index in [0.717, 1.165) is 11.3 Å². The fraction of sp³-hybridized carbons (Fsp3) is 0.211. The van der Waals surface area contributed by atoms with Crippen molar-refractivity contribution in [1.82, 2.24) is 0 Å². The minimum atomic E-state index is -3.23. The van der Waals surface area contributed by atoms with Crippen molar-refractivity contribution in [2.45, 2.75) is 11.8 Å². The molecular weight excluding hydrogens is 336 g/mol. The molecular formula is C19H22N2O3S. The summed E-state index contributed by atoms with van der Waals surface area (Å²) in [6.45, 7) is 1.60. The summed E-state index contributed by atoms with van der Waals surface area (Å²) >= 11 is 0. The van der Waals surface area contributed by atoms with Crippen LogP contribution in [0.5, 0.6) is 0 Å². The Labute approximate surface area is 148 Å². The molecule has 0 aliphatic heterocycles. The molecule has 0 unspecified atom stereocenters. The van der Waals surface area contributed by atoms with Gasteiger partial charge in [-0.25, -0.2) is 8.42 Å². The minimum absolute atomic E-state index is 0.0497. The zero-order valence-electron chi connectivity index (χ0n) is 14.6. The van der Waals surface area contributed by atoms with Gasteiger partial charge in [-0.2, -0.15) is 0 Å². The first kappa shape index (κ1) is 18.7. The van der Waals surface area contributed by atoms with Crippen LogP contribution in [-0.2, 0) is 14.6 Å². The molecule has 5 nitrogen and oxygen atoms in total. The largest absolute Gasteiger partial charge is 0.378 e. The lowest BCUT2D eigenvalue weighted by Crippen LogP contribution is -2.09.